The first-order valence-corrected chi connectivity index (χ1v) is 7.77. The molecule has 0 heteroatoms. The Hall–Kier alpha value is -1.56. The fourth-order valence-electron chi connectivity index (χ4n) is 1.86. The van der Waals surface area contributed by atoms with Gasteiger partial charge in [0.1, 0.15) is 0 Å². The summed E-state index contributed by atoms with van der Waals surface area (Å²) in [7, 11) is 0. The third-order valence-corrected chi connectivity index (χ3v) is 3.10. The Morgan fingerprint density at radius 1 is 0.600 bits per heavy atom. The van der Waals surface area contributed by atoms with E-state index < -0.39 is 0 Å². The van der Waals surface area contributed by atoms with Crippen molar-refractivity contribution in [2.45, 2.75) is 54.9 Å². The molecule has 0 aliphatic rings. The summed E-state index contributed by atoms with van der Waals surface area (Å²) in [5, 5.41) is 0. The standard InChI is InChI=1S/C16H18.2C2H6/c1-12-4-7-15(8-5-12)11-16-9-6-13(2)14(3)10-16;2*1-2/h4-10H,11H2,1-3H3;2*1-2H3. The summed E-state index contributed by atoms with van der Waals surface area (Å²) in [4.78, 5) is 0. The van der Waals surface area contributed by atoms with E-state index in [0.29, 0.717) is 0 Å². The molecule has 0 aliphatic carbocycles. The second-order valence-electron chi connectivity index (χ2n) is 4.58. The van der Waals surface area contributed by atoms with Gasteiger partial charge in [-0.3, -0.25) is 0 Å². The quantitative estimate of drug-likeness (QED) is 0.604. The molecule has 110 valence electrons. The Bertz CT molecular complexity index is 478. The minimum atomic E-state index is 1.03. The van der Waals surface area contributed by atoms with Crippen molar-refractivity contribution in [1.29, 1.82) is 0 Å². The Balaban J connectivity index is 0.000000829. The van der Waals surface area contributed by atoms with E-state index in [1.165, 1.54) is 27.8 Å². The average Bonchev–Trinajstić information content (AvgIpc) is 2.50. The molecule has 0 unspecified atom stereocenters. The Morgan fingerprint density at radius 3 is 1.60 bits per heavy atom. The highest BCUT2D eigenvalue weighted by atomic mass is 14.0. The average molecular weight is 270 g/mol. The van der Waals surface area contributed by atoms with Crippen LogP contribution in [0, 0.1) is 20.8 Å². The van der Waals surface area contributed by atoms with Gasteiger partial charge in [0.15, 0.2) is 0 Å². The highest BCUT2D eigenvalue weighted by Gasteiger charge is 1.98. The minimum absolute atomic E-state index is 1.03. The highest BCUT2D eigenvalue weighted by molar-refractivity contribution is 5.34. The molecule has 0 saturated heterocycles. The molecule has 2 aromatic carbocycles. The monoisotopic (exact) mass is 270 g/mol. The minimum Gasteiger partial charge on any atom is -0.0683 e. The molecule has 2 aromatic rings. The van der Waals surface area contributed by atoms with Gasteiger partial charge in [-0.2, -0.15) is 0 Å². The van der Waals surface area contributed by atoms with Crippen LogP contribution in [0.2, 0.25) is 0 Å². The van der Waals surface area contributed by atoms with Gasteiger partial charge in [0.2, 0.25) is 0 Å². The van der Waals surface area contributed by atoms with Gasteiger partial charge in [0.05, 0.1) is 0 Å². The zero-order valence-electron chi connectivity index (χ0n) is 14.2. The largest absolute Gasteiger partial charge is 0.0683 e. The van der Waals surface area contributed by atoms with E-state index in [4.69, 9.17) is 0 Å². The van der Waals surface area contributed by atoms with Crippen molar-refractivity contribution >= 4 is 0 Å². The molecule has 0 atom stereocenters. The van der Waals surface area contributed by atoms with Gasteiger partial charge in [-0.15, -0.1) is 0 Å². The second kappa shape index (κ2) is 10.3. The maximum absolute atomic E-state index is 2.29. The van der Waals surface area contributed by atoms with Gasteiger partial charge in [-0.1, -0.05) is 75.7 Å². The molecule has 0 aliphatic heterocycles. The third-order valence-electron chi connectivity index (χ3n) is 3.10. The Morgan fingerprint density at radius 2 is 1.10 bits per heavy atom. The van der Waals surface area contributed by atoms with Crippen LogP contribution in [-0.2, 0) is 6.42 Å². The fraction of sp³-hybridized carbons (Fsp3) is 0.400. The van der Waals surface area contributed by atoms with Crippen LogP contribution >= 0.6 is 0 Å². The van der Waals surface area contributed by atoms with Crippen LogP contribution in [0.3, 0.4) is 0 Å². The van der Waals surface area contributed by atoms with Crippen LogP contribution in [0.15, 0.2) is 42.5 Å². The molecule has 0 aromatic heterocycles. The predicted molar refractivity (Wildman–Crippen MR) is 92.6 cm³/mol. The van der Waals surface area contributed by atoms with Crippen LogP contribution in [-0.4, -0.2) is 0 Å². The van der Waals surface area contributed by atoms with Crippen LogP contribution in [0.5, 0.6) is 0 Å². The maximum atomic E-state index is 2.29. The van der Waals surface area contributed by atoms with Gasteiger partial charge in [0, 0.05) is 0 Å². The third kappa shape index (κ3) is 6.06. The summed E-state index contributed by atoms with van der Waals surface area (Å²) in [6.07, 6.45) is 1.03. The number of rotatable bonds is 2. The van der Waals surface area contributed by atoms with Crippen molar-refractivity contribution in [1.82, 2.24) is 0 Å². The number of aryl methyl sites for hydroxylation is 3. The molecule has 20 heavy (non-hydrogen) atoms. The molecule has 0 amide bonds. The molecule has 2 rings (SSSR count). The molecule has 0 spiro atoms. The predicted octanol–water partition coefficient (Wildman–Crippen LogP) is 6.26. The van der Waals surface area contributed by atoms with Crippen molar-refractivity contribution in [3.05, 3.63) is 70.3 Å². The summed E-state index contributed by atoms with van der Waals surface area (Å²) in [6, 6.07) is 15.5. The van der Waals surface area contributed by atoms with E-state index in [2.05, 4.69) is 63.2 Å². The van der Waals surface area contributed by atoms with Crippen LogP contribution in [0.1, 0.15) is 55.5 Å². The molecular formula is C20H30. The lowest BCUT2D eigenvalue weighted by Crippen LogP contribution is -1.90. The van der Waals surface area contributed by atoms with E-state index in [1.54, 1.807) is 0 Å². The van der Waals surface area contributed by atoms with Crippen molar-refractivity contribution < 1.29 is 0 Å². The molecule has 0 bridgehead atoms. The Labute approximate surface area is 125 Å². The summed E-state index contributed by atoms with van der Waals surface area (Å²) in [5.41, 5.74) is 6.85. The SMILES string of the molecule is CC.CC.Cc1ccc(Cc2ccc(C)c(C)c2)cc1. The zero-order valence-corrected chi connectivity index (χ0v) is 14.2. The topological polar surface area (TPSA) is 0 Å². The fourth-order valence-corrected chi connectivity index (χ4v) is 1.86. The van der Waals surface area contributed by atoms with Crippen LogP contribution in [0.25, 0.3) is 0 Å². The summed E-state index contributed by atoms with van der Waals surface area (Å²) < 4.78 is 0. The Kier molecular flexibility index (Phi) is 9.45. The lowest BCUT2D eigenvalue weighted by molar-refractivity contribution is 1.16. The van der Waals surface area contributed by atoms with Crippen LogP contribution in [0.4, 0.5) is 0 Å². The zero-order chi connectivity index (χ0) is 15.5. The molecule has 0 saturated carbocycles. The maximum Gasteiger partial charge on any atom is -0.00257 e. The number of hydrogen-bond donors (Lipinski definition) is 0. The van der Waals surface area contributed by atoms with E-state index in [-0.39, 0.29) is 0 Å². The van der Waals surface area contributed by atoms with Crippen molar-refractivity contribution in [3.63, 3.8) is 0 Å². The smallest absolute Gasteiger partial charge is 0.00257 e. The van der Waals surface area contributed by atoms with E-state index in [0.717, 1.165) is 6.42 Å². The molecule has 0 nitrogen and oxygen atoms in total. The van der Waals surface area contributed by atoms with E-state index >= 15 is 0 Å². The van der Waals surface area contributed by atoms with Crippen LogP contribution < -0.4 is 0 Å². The van der Waals surface area contributed by atoms with E-state index in [1.807, 2.05) is 27.7 Å². The lowest BCUT2D eigenvalue weighted by Gasteiger charge is -2.06. The van der Waals surface area contributed by atoms with Crippen molar-refractivity contribution in [2.75, 3.05) is 0 Å². The first-order chi connectivity index (χ1) is 9.65. The second-order valence-corrected chi connectivity index (χ2v) is 4.58. The summed E-state index contributed by atoms with van der Waals surface area (Å²) >= 11 is 0. The summed E-state index contributed by atoms with van der Waals surface area (Å²) in [5.74, 6) is 0. The van der Waals surface area contributed by atoms with Gasteiger partial charge >= 0.3 is 0 Å². The lowest BCUT2D eigenvalue weighted by atomic mass is 10.00. The summed E-state index contributed by atoms with van der Waals surface area (Å²) in [6.45, 7) is 14.5. The van der Waals surface area contributed by atoms with Gasteiger partial charge < -0.3 is 0 Å². The first kappa shape index (κ1) is 18.4. The van der Waals surface area contributed by atoms with E-state index in [9.17, 15) is 0 Å². The normalized spacial score (nSPS) is 8.95. The molecule has 0 heterocycles. The molecule has 0 fully saturated rings. The molecular weight excluding hydrogens is 240 g/mol. The molecule has 0 radical (unpaired) electrons. The van der Waals surface area contributed by atoms with Gasteiger partial charge in [-0.05, 0) is 49.4 Å². The first-order valence-electron chi connectivity index (χ1n) is 7.77. The number of benzene rings is 2. The van der Waals surface area contributed by atoms with Gasteiger partial charge in [-0.25, -0.2) is 0 Å². The highest BCUT2D eigenvalue weighted by Crippen LogP contribution is 2.14. The molecule has 0 N–H and O–H groups in total. The number of hydrogen-bond acceptors (Lipinski definition) is 0. The van der Waals surface area contributed by atoms with Crippen molar-refractivity contribution in [3.8, 4) is 0 Å². The van der Waals surface area contributed by atoms with Gasteiger partial charge in [0.25, 0.3) is 0 Å². The van der Waals surface area contributed by atoms with Crippen molar-refractivity contribution in [2.24, 2.45) is 0 Å².